The molecule has 0 aliphatic rings. The molecule has 0 bridgehead atoms. The topological polar surface area (TPSA) is 57.4 Å². The summed E-state index contributed by atoms with van der Waals surface area (Å²) in [6.45, 7) is 1.95. The summed E-state index contributed by atoms with van der Waals surface area (Å²) < 4.78 is 11.1. The maximum absolute atomic E-state index is 5.98. The van der Waals surface area contributed by atoms with Crippen LogP contribution in [0.15, 0.2) is 48.5 Å². The van der Waals surface area contributed by atoms with Gasteiger partial charge in [-0.2, -0.15) is 0 Å². The molecular formula is C17H16N2O2. The fourth-order valence-corrected chi connectivity index (χ4v) is 2.26. The average molecular weight is 280 g/mol. The first kappa shape index (κ1) is 13.2. The number of methoxy groups -OCH3 is 1. The first-order chi connectivity index (χ1) is 10.2. The fourth-order valence-electron chi connectivity index (χ4n) is 2.26. The third-order valence-electron chi connectivity index (χ3n) is 3.24. The lowest BCUT2D eigenvalue weighted by atomic mass is 10.2. The van der Waals surface area contributed by atoms with Crippen LogP contribution in [0.2, 0.25) is 0 Å². The van der Waals surface area contributed by atoms with Crippen LogP contribution < -0.4 is 15.2 Å². The fraction of sp³-hybridized carbons (Fsp3) is 0.118. The Kier molecular flexibility index (Phi) is 3.36. The van der Waals surface area contributed by atoms with Crippen LogP contribution in [-0.4, -0.2) is 12.1 Å². The maximum Gasteiger partial charge on any atom is 0.142 e. The minimum absolute atomic E-state index is 0.546. The van der Waals surface area contributed by atoms with Gasteiger partial charge in [0.2, 0.25) is 0 Å². The van der Waals surface area contributed by atoms with E-state index in [9.17, 15) is 0 Å². The van der Waals surface area contributed by atoms with Gasteiger partial charge in [0.15, 0.2) is 0 Å². The molecule has 0 atom stereocenters. The molecule has 0 saturated heterocycles. The summed E-state index contributed by atoms with van der Waals surface area (Å²) in [4.78, 5) is 4.50. The van der Waals surface area contributed by atoms with Crippen molar-refractivity contribution in [2.45, 2.75) is 6.92 Å². The van der Waals surface area contributed by atoms with Crippen LogP contribution in [0.25, 0.3) is 10.9 Å². The van der Waals surface area contributed by atoms with Crippen molar-refractivity contribution in [2.75, 3.05) is 12.8 Å². The first-order valence-electron chi connectivity index (χ1n) is 6.65. The van der Waals surface area contributed by atoms with E-state index in [-0.39, 0.29) is 0 Å². The lowest BCUT2D eigenvalue weighted by Gasteiger charge is -2.11. The number of ether oxygens (including phenoxy) is 2. The van der Waals surface area contributed by atoms with E-state index in [0.717, 1.165) is 22.3 Å². The molecule has 4 heteroatoms. The third-order valence-corrected chi connectivity index (χ3v) is 3.24. The molecule has 21 heavy (non-hydrogen) atoms. The number of aromatic nitrogens is 1. The number of hydrogen-bond acceptors (Lipinski definition) is 4. The van der Waals surface area contributed by atoms with E-state index < -0.39 is 0 Å². The molecule has 2 aromatic carbocycles. The van der Waals surface area contributed by atoms with Crippen molar-refractivity contribution in [3.8, 4) is 17.2 Å². The van der Waals surface area contributed by atoms with E-state index in [1.807, 2.05) is 43.3 Å². The highest BCUT2D eigenvalue weighted by atomic mass is 16.5. The molecular weight excluding hydrogens is 264 g/mol. The van der Waals surface area contributed by atoms with Crippen molar-refractivity contribution in [3.63, 3.8) is 0 Å². The monoisotopic (exact) mass is 280 g/mol. The quantitative estimate of drug-likeness (QED) is 0.739. The molecule has 4 nitrogen and oxygen atoms in total. The van der Waals surface area contributed by atoms with E-state index in [4.69, 9.17) is 15.2 Å². The van der Waals surface area contributed by atoms with Crippen LogP contribution in [0.5, 0.6) is 17.2 Å². The number of fused-ring (bicyclic) bond motifs is 1. The van der Waals surface area contributed by atoms with Crippen LogP contribution in [0.1, 0.15) is 5.69 Å². The number of nitrogens with zero attached hydrogens (tertiary/aromatic N) is 1. The Bertz CT molecular complexity index is 800. The highest BCUT2D eigenvalue weighted by molar-refractivity contribution is 5.85. The molecule has 0 radical (unpaired) electrons. The molecule has 2 N–H and O–H groups in total. The van der Waals surface area contributed by atoms with Gasteiger partial charge >= 0.3 is 0 Å². The SMILES string of the molecule is COc1ccc(Oc2cc(C)nc3ccccc23)cc1N. The van der Waals surface area contributed by atoms with Crippen molar-refractivity contribution in [1.29, 1.82) is 0 Å². The number of rotatable bonds is 3. The normalized spacial score (nSPS) is 10.6. The van der Waals surface area contributed by atoms with Crippen LogP contribution in [-0.2, 0) is 0 Å². The van der Waals surface area contributed by atoms with E-state index >= 15 is 0 Å². The largest absolute Gasteiger partial charge is 0.495 e. The van der Waals surface area contributed by atoms with E-state index in [1.165, 1.54) is 0 Å². The standard InChI is InChI=1S/C17H16N2O2/c1-11-9-17(13-5-3-4-6-15(13)19-11)21-12-7-8-16(20-2)14(18)10-12/h3-10H,18H2,1-2H3. The number of aryl methyl sites for hydroxylation is 1. The second-order valence-electron chi connectivity index (χ2n) is 4.78. The van der Waals surface area contributed by atoms with E-state index in [2.05, 4.69) is 4.98 Å². The van der Waals surface area contributed by atoms with E-state index in [1.54, 1.807) is 19.2 Å². The third kappa shape index (κ3) is 2.60. The number of hydrogen-bond donors (Lipinski definition) is 1. The molecule has 0 saturated carbocycles. The summed E-state index contributed by atoms with van der Waals surface area (Å²) >= 11 is 0. The molecule has 106 valence electrons. The molecule has 0 amide bonds. The molecule has 0 spiro atoms. The van der Waals surface area contributed by atoms with Gasteiger partial charge in [0.1, 0.15) is 17.2 Å². The molecule has 0 fully saturated rings. The predicted octanol–water partition coefficient (Wildman–Crippen LogP) is 3.93. The Morgan fingerprint density at radius 1 is 1.00 bits per heavy atom. The molecule has 1 heterocycles. The van der Waals surface area contributed by atoms with Gasteiger partial charge in [-0.1, -0.05) is 12.1 Å². The van der Waals surface area contributed by atoms with Gasteiger partial charge in [0.05, 0.1) is 18.3 Å². The molecule has 0 aliphatic heterocycles. The smallest absolute Gasteiger partial charge is 0.142 e. The zero-order chi connectivity index (χ0) is 14.8. The highest BCUT2D eigenvalue weighted by Gasteiger charge is 2.07. The van der Waals surface area contributed by atoms with Crippen molar-refractivity contribution in [2.24, 2.45) is 0 Å². The second kappa shape index (κ2) is 5.32. The predicted molar refractivity (Wildman–Crippen MR) is 84.0 cm³/mol. The lowest BCUT2D eigenvalue weighted by Crippen LogP contribution is -1.94. The summed E-state index contributed by atoms with van der Waals surface area (Å²) in [6.07, 6.45) is 0. The summed E-state index contributed by atoms with van der Waals surface area (Å²) in [7, 11) is 1.59. The van der Waals surface area contributed by atoms with E-state index in [0.29, 0.717) is 17.2 Å². The van der Waals surface area contributed by atoms with Gasteiger partial charge in [-0.05, 0) is 31.2 Å². The van der Waals surface area contributed by atoms with Crippen molar-refractivity contribution in [1.82, 2.24) is 4.98 Å². The number of nitrogens with two attached hydrogens (primary N) is 1. The Labute approximate surface area is 123 Å². The van der Waals surface area contributed by atoms with Crippen LogP contribution >= 0.6 is 0 Å². The van der Waals surface area contributed by atoms with Crippen molar-refractivity contribution in [3.05, 3.63) is 54.2 Å². The number of nitrogen functional groups attached to an aromatic ring is 1. The van der Waals surface area contributed by atoms with Crippen LogP contribution in [0, 0.1) is 6.92 Å². The van der Waals surface area contributed by atoms with Gasteiger partial charge < -0.3 is 15.2 Å². The number of para-hydroxylation sites is 1. The Hall–Kier alpha value is -2.75. The first-order valence-corrected chi connectivity index (χ1v) is 6.65. The highest BCUT2D eigenvalue weighted by Crippen LogP contribution is 2.33. The summed E-state index contributed by atoms with van der Waals surface area (Å²) in [5.74, 6) is 2.07. The zero-order valence-electron chi connectivity index (χ0n) is 12.0. The molecule has 3 aromatic rings. The minimum atomic E-state index is 0.546. The lowest BCUT2D eigenvalue weighted by molar-refractivity contribution is 0.415. The van der Waals surface area contributed by atoms with Gasteiger partial charge in [0, 0.05) is 23.2 Å². The van der Waals surface area contributed by atoms with Gasteiger partial charge in [0.25, 0.3) is 0 Å². The van der Waals surface area contributed by atoms with Crippen LogP contribution in [0.3, 0.4) is 0 Å². The van der Waals surface area contributed by atoms with Gasteiger partial charge in [-0.25, -0.2) is 0 Å². The molecule has 1 aromatic heterocycles. The van der Waals surface area contributed by atoms with Crippen molar-refractivity contribution >= 4 is 16.6 Å². The average Bonchev–Trinajstić information content (AvgIpc) is 2.47. The molecule has 3 rings (SSSR count). The van der Waals surface area contributed by atoms with Gasteiger partial charge in [-0.3, -0.25) is 4.98 Å². The second-order valence-corrected chi connectivity index (χ2v) is 4.78. The maximum atomic E-state index is 5.98. The Balaban J connectivity index is 2.03. The van der Waals surface area contributed by atoms with Crippen molar-refractivity contribution < 1.29 is 9.47 Å². The summed E-state index contributed by atoms with van der Waals surface area (Å²) in [5, 5.41) is 0.970. The van der Waals surface area contributed by atoms with Gasteiger partial charge in [-0.15, -0.1) is 0 Å². The summed E-state index contributed by atoms with van der Waals surface area (Å²) in [6, 6.07) is 15.2. The Morgan fingerprint density at radius 2 is 1.81 bits per heavy atom. The number of pyridine rings is 1. The van der Waals surface area contributed by atoms with Crippen LogP contribution in [0.4, 0.5) is 5.69 Å². The molecule has 0 unspecified atom stereocenters. The number of anilines is 1. The molecule has 0 aliphatic carbocycles. The Morgan fingerprint density at radius 3 is 2.57 bits per heavy atom. The number of benzene rings is 2. The minimum Gasteiger partial charge on any atom is -0.495 e. The summed E-state index contributed by atoms with van der Waals surface area (Å²) in [5.41, 5.74) is 8.28. The zero-order valence-corrected chi connectivity index (χ0v) is 12.0.